The number of ether oxygens (including phenoxy) is 1. The van der Waals surface area contributed by atoms with E-state index in [0.717, 1.165) is 6.20 Å². The number of carbonyl (C=O) groups excluding carboxylic acids is 1. The SMILES string of the molecule is COc1cnc(N)c(C(N)=O)c1C(F)F. The Kier molecular flexibility index (Phi) is 3.03. The Morgan fingerprint density at radius 2 is 2.20 bits per heavy atom. The van der Waals surface area contributed by atoms with Gasteiger partial charge in [0.15, 0.2) is 0 Å². The normalized spacial score (nSPS) is 10.4. The molecule has 0 saturated carbocycles. The average molecular weight is 217 g/mol. The fraction of sp³-hybridized carbons (Fsp3) is 0.250. The highest BCUT2D eigenvalue weighted by Gasteiger charge is 2.25. The standard InChI is InChI=1S/C8H9F2N3O2/c1-15-3-2-13-7(11)5(8(12)14)4(3)6(9)10/h2,6H,1H3,(H2,11,13)(H2,12,14). The molecule has 0 spiro atoms. The van der Waals surface area contributed by atoms with Crippen molar-refractivity contribution in [3.8, 4) is 5.75 Å². The molecule has 1 amide bonds. The molecule has 82 valence electrons. The number of nitrogen functional groups attached to an aromatic ring is 1. The number of carbonyl (C=O) groups is 1. The number of alkyl halides is 2. The summed E-state index contributed by atoms with van der Waals surface area (Å²) in [4.78, 5) is 14.5. The molecule has 4 N–H and O–H groups in total. The summed E-state index contributed by atoms with van der Waals surface area (Å²) >= 11 is 0. The van der Waals surface area contributed by atoms with Gasteiger partial charge in [0.1, 0.15) is 11.6 Å². The maximum Gasteiger partial charge on any atom is 0.268 e. The van der Waals surface area contributed by atoms with Gasteiger partial charge in [-0.2, -0.15) is 0 Å². The van der Waals surface area contributed by atoms with E-state index in [-0.39, 0.29) is 11.6 Å². The van der Waals surface area contributed by atoms with Crippen molar-refractivity contribution in [1.29, 1.82) is 0 Å². The number of rotatable bonds is 3. The molecule has 0 aliphatic carbocycles. The fourth-order valence-electron chi connectivity index (χ4n) is 1.16. The maximum atomic E-state index is 12.6. The molecule has 0 radical (unpaired) electrons. The van der Waals surface area contributed by atoms with E-state index in [9.17, 15) is 13.6 Å². The molecular weight excluding hydrogens is 208 g/mol. The molecule has 5 nitrogen and oxygen atoms in total. The van der Waals surface area contributed by atoms with Gasteiger partial charge >= 0.3 is 0 Å². The van der Waals surface area contributed by atoms with Crippen LogP contribution in [0.5, 0.6) is 5.75 Å². The predicted molar refractivity (Wildman–Crippen MR) is 48.7 cm³/mol. The molecule has 0 atom stereocenters. The van der Waals surface area contributed by atoms with E-state index in [0.29, 0.717) is 0 Å². The number of hydrogen-bond acceptors (Lipinski definition) is 4. The largest absolute Gasteiger partial charge is 0.495 e. The lowest BCUT2D eigenvalue weighted by atomic mass is 10.1. The van der Waals surface area contributed by atoms with Crippen molar-refractivity contribution >= 4 is 11.7 Å². The van der Waals surface area contributed by atoms with Crippen LogP contribution in [0.3, 0.4) is 0 Å². The third-order valence-electron chi connectivity index (χ3n) is 1.80. The lowest BCUT2D eigenvalue weighted by Gasteiger charge is -2.12. The molecule has 0 bridgehead atoms. The first-order valence-electron chi connectivity index (χ1n) is 3.89. The second-order valence-corrected chi connectivity index (χ2v) is 2.67. The Morgan fingerprint density at radius 1 is 1.60 bits per heavy atom. The van der Waals surface area contributed by atoms with Gasteiger partial charge in [0.2, 0.25) is 0 Å². The lowest BCUT2D eigenvalue weighted by molar-refractivity contribution is 0.0984. The van der Waals surface area contributed by atoms with Gasteiger partial charge in [0.05, 0.1) is 24.4 Å². The number of nitrogens with zero attached hydrogens (tertiary/aromatic N) is 1. The van der Waals surface area contributed by atoms with E-state index in [4.69, 9.17) is 11.5 Å². The number of hydrogen-bond donors (Lipinski definition) is 2. The predicted octanol–water partition coefficient (Wildman–Crippen LogP) is 0.709. The van der Waals surface area contributed by atoms with E-state index >= 15 is 0 Å². The molecule has 0 unspecified atom stereocenters. The summed E-state index contributed by atoms with van der Waals surface area (Å²) in [5.41, 5.74) is 9.09. The summed E-state index contributed by atoms with van der Waals surface area (Å²) in [5, 5.41) is 0. The summed E-state index contributed by atoms with van der Waals surface area (Å²) < 4.78 is 29.9. The highest BCUT2D eigenvalue weighted by molar-refractivity contribution is 5.99. The summed E-state index contributed by atoms with van der Waals surface area (Å²) in [7, 11) is 1.18. The molecule has 1 aromatic heterocycles. The second kappa shape index (κ2) is 4.07. The number of methoxy groups -OCH3 is 1. The molecule has 1 heterocycles. The Balaban J connectivity index is 3.51. The van der Waals surface area contributed by atoms with Gasteiger partial charge in [-0.15, -0.1) is 0 Å². The monoisotopic (exact) mass is 217 g/mol. The number of halogens is 2. The zero-order valence-corrected chi connectivity index (χ0v) is 7.83. The zero-order chi connectivity index (χ0) is 11.6. The molecule has 0 aliphatic heterocycles. The molecule has 1 aromatic rings. The number of primary amides is 1. The molecule has 1 rings (SSSR count). The van der Waals surface area contributed by atoms with Crippen molar-refractivity contribution in [2.45, 2.75) is 6.43 Å². The van der Waals surface area contributed by atoms with Crippen LogP contribution in [-0.2, 0) is 0 Å². The lowest BCUT2D eigenvalue weighted by Crippen LogP contribution is -2.18. The van der Waals surface area contributed by atoms with Gasteiger partial charge in [-0.25, -0.2) is 13.8 Å². The minimum atomic E-state index is -2.91. The van der Waals surface area contributed by atoms with Gasteiger partial charge in [-0.1, -0.05) is 0 Å². The Bertz CT molecular complexity index is 396. The van der Waals surface area contributed by atoms with Crippen molar-refractivity contribution < 1.29 is 18.3 Å². The Hall–Kier alpha value is -1.92. The Labute approximate surface area is 84.0 Å². The third kappa shape index (κ3) is 1.95. The van der Waals surface area contributed by atoms with E-state index in [2.05, 4.69) is 9.72 Å². The van der Waals surface area contributed by atoms with Crippen LogP contribution in [0.1, 0.15) is 22.3 Å². The smallest absolute Gasteiger partial charge is 0.268 e. The number of nitrogens with two attached hydrogens (primary N) is 2. The highest BCUT2D eigenvalue weighted by atomic mass is 19.3. The molecule has 0 aliphatic rings. The van der Waals surface area contributed by atoms with Crippen molar-refractivity contribution in [3.63, 3.8) is 0 Å². The van der Waals surface area contributed by atoms with E-state index in [1.54, 1.807) is 0 Å². The van der Waals surface area contributed by atoms with Crippen LogP contribution in [0.2, 0.25) is 0 Å². The molecule has 15 heavy (non-hydrogen) atoms. The fourth-order valence-corrected chi connectivity index (χ4v) is 1.16. The highest BCUT2D eigenvalue weighted by Crippen LogP contribution is 2.33. The molecule has 0 saturated heterocycles. The first kappa shape index (κ1) is 11.2. The van der Waals surface area contributed by atoms with Gasteiger partial charge in [0, 0.05) is 0 Å². The maximum absolute atomic E-state index is 12.6. The molecular formula is C8H9F2N3O2. The number of anilines is 1. The summed E-state index contributed by atoms with van der Waals surface area (Å²) in [5.74, 6) is -1.61. The van der Waals surface area contributed by atoms with Crippen molar-refractivity contribution in [2.75, 3.05) is 12.8 Å². The van der Waals surface area contributed by atoms with Crippen LogP contribution in [0, 0.1) is 0 Å². The minimum Gasteiger partial charge on any atom is -0.495 e. The first-order chi connectivity index (χ1) is 6.99. The number of pyridine rings is 1. The van der Waals surface area contributed by atoms with Gasteiger partial charge in [-0.3, -0.25) is 4.79 Å². The topological polar surface area (TPSA) is 91.2 Å². The quantitative estimate of drug-likeness (QED) is 0.779. The van der Waals surface area contributed by atoms with Crippen molar-refractivity contribution in [1.82, 2.24) is 4.98 Å². The van der Waals surface area contributed by atoms with E-state index < -0.39 is 23.5 Å². The van der Waals surface area contributed by atoms with Crippen LogP contribution in [0.4, 0.5) is 14.6 Å². The summed E-state index contributed by atoms with van der Waals surface area (Å²) in [6.07, 6.45) is -1.89. The summed E-state index contributed by atoms with van der Waals surface area (Å²) in [6.45, 7) is 0. The zero-order valence-electron chi connectivity index (χ0n) is 7.83. The van der Waals surface area contributed by atoms with E-state index in [1.807, 2.05) is 0 Å². The number of amides is 1. The second-order valence-electron chi connectivity index (χ2n) is 2.67. The van der Waals surface area contributed by atoms with Crippen LogP contribution >= 0.6 is 0 Å². The molecule has 0 fully saturated rings. The van der Waals surface area contributed by atoms with Crippen LogP contribution in [0.25, 0.3) is 0 Å². The molecule has 0 aromatic carbocycles. The van der Waals surface area contributed by atoms with Crippen LogP contribution in [-0.4, -0.2) is 18.0 Å². The Morgan fingerprint density at radius 3 is 2.60 bits per heavy atom. The van der Waals surface area contributed by atoms with Gasteiger partial charge in [-0.05, 0) is 0 Å². The number of aromatic nitrogens is 1. The van der Waals surface area contributed by atoms with Gasteiger partial charge in [0.25, 0.3) is 12.3 Å². The third-order valence-corrected chi connectivity index (χ3v) is 1.80. The van der Waals surface area contributed by atoms with Crippen LogP contribution in [0.15, 0.2) is 6.20 Å². The first-order valence-corrected chi connectivity index (χ1v) is 3.89. The van der Waals surface area contributed by atoms with Crippen molar-refractivity contribution in [2.24, 2.45) is 5.73 Å². The van der Waals surface area contributed by atoms with E-state index in [1.165, 1.54) is 7.11 Å². The van der Waals surface area contributed by atoms with Crippen molar-refractivity contribution in [3.05, 3.63) is 17.3 Å². The van der Waals surface area contributed by atoms with Crippen LogP contribution < -0.4 is 16.2 Å². The molecule has 7 heteroatoms. The minimum absolute atomic E-state index is 0.215. The van der Waals surface area contributed by atoms with Gasteiger partial charge < -0.3 is 16.2 Å². The average Bonchev–Trinajstić information content (AvgIpc) is 2.16. The summed E-state index contributed by atoms with van der Waals surface area (Å²) in [6, 6.07) is 0.